The molecule has 1 amide bonds. The first-order valence-electron chi connectivity index (χ1n) is 9.51. The third-order valence-corrected chi connectivity index (χ3v) is 5.32. The van der Waals surface area contributed by atoms with Crippen molar-refractivity contribution in [1.82, 2.24) is 14.8 Å². The lowest BCUT2D eigenvalue weighted by atomic mass is 9.99. The molecule has 2 aromatic heterocycles. The van der Waals surface area contributed by atoms with Crippen molar-refractivity contribution in [2.75, 3.05) is 0 Å². The molecule has 0 unspecified atom stereocenters. The largest absolute Gasteiger partial charge is 0.366 e. The van der Waals surface area contributed by atoms with Crippen molar-refractivity contribution < 1.29 is 4.79 Å². The average molecular weight is 360 g/mol. The Balaban J connectivity index is 1.70. The Morgan fingerprint density at radius 1 is 1.19 bits per heavy atom. The molecule has 1 fully saturated rings. The number of pyridine rings is 1. The summed E-state index contributed by atoms with van der Waals surface area (Å²) in [5.74, 6) is 0.302. The van der Waals surface area contributed by atoms with Crippen LogP contribution >= 0.6 is 0 Å². The van der Waals surface area contributed by atoms with Crippen LogP contribution in [-0.4, -0.2) is 20.7 Å². The smallest absolute Gasteiger partial charge is 0.248 e. The zero-order chi connectivity index (χ0) is 18.8. The standard InChI is InChI=1S/C22H24N4O/c1-15-9-10-20(19-12-24-26(14-19)13-16-5-2-3-6-16)21(25-15)17-7-4-8-18(11-17)22(23)27/h4,7-12,14,16H,2-3,5-6,13H2,1H3,(H2,23,27). The van der Waals surface area contributed by atoms with Crippen LogP contribution in [0.1, 0.15) is 41.7 Å². The molecular weight excluding hydrogens is 336 g/mol. The van der Waals surface area contributed by atoms with E-state index < -0.39 is 5.91 Å². The first-order chi connectivity index (χ1) is 13.1. The van der Waals surface area contributed by atoms with Crippen LogP contribution in [0.25, 0.3) is 22.4 Å². The number of carbonyl (C=O) groups is 1. The second-order valence-corrected chi connectivity index (χ2v) is 7.40. The van der Waals surface area contributed by atoms with Gasteiger partial charge in [-0.3, -0.25) is 14.5 Å². The third kappa shape index (κ3) is 3.77. The van der Waals surface area contributed by atoms with Crippen molar-refractivity contribution in [3.63, 3.8) is 0 Å². The average Bonchev–Trinajstić information content (AvgIpc) is 3.34. The summed E-state index contributed by atoms with van der Waals surface area (Å²) in [7, 11) is 0. The zero-order valence-electron chi connectivity index (χ0n) is 15.6. The molecule has 0 aliphatic heterocycles. The van der Waals surface area contributed by atoms with Gasteiger partial charge in [-0.15, -0.1) is 0 Å². The zero-order valence-corrected chi connectivity index (χ0v) is 15.6. The number of carbonyl (C=O) groups excluding carboxylic acids is 1. The highest BCUT2D eigenvalue weighted by molar-refractivity contribution is 5.94. The van der Waals surface area contributed by atoms with Gasteiger partial charge in [0.1, 0.15) is 0 Å². The van der Waals surface area contributed by atoms with Gasteiger partial charge < -0.3 is 5.73 Å². The summed E-state index contributed by atoms with van der Waals surface area (Å²) >= 11 is 0. The molecule has 0 radical (unpaired) electrons. The predicted octanol–water partition coefficient (Wildman–Crippen LogP) is 4.21. The van der Waals surface area contributed by atoms with Crippen LogP contribution in [0.2, 0.25) is 0 Å². The molecule has 0 atom stereocenters. The number of amides is 1. The number of aromatic nitrogens is 3. The summed E-state index contributed by atoms with van der Waals surface area (Å²) in [5, 5.41) is 4.57. The van der Waals surface area contributed by atoms with Crippen LogP contribution in [0.4, 0.5) is 0 Å². The molecule has 2 N–H and O–H groups in total. The SMILES string of the molecule is Cc1ccc(-c2cnn(CC3CCCC3)c2)c(-c2cccc(C(N)=O)c2)n1. The molecule has 1 aromatic carbocycles. The summed E-state index contributed by atoms with van der Waals surface area (Å²) in [6, 6.07) is 11.4. The fourth-order valence-corrected chi connectivity index (χ4v) is 3.89. The Morgan fingerprint density at radius 2 is 2.00 bits per heavy atom. The van der Waals surface area contributed by atoms with Gasteiger partial charge in [0.05, 0.1) is 11.9 Å². The van der Waals surface area contributed by atoms with E-state index >= 15 is 0 Å². The third-order valence-electron chi connectivity index (χ3n) is 5.32. The summed E-state index contributed by atoms with van der Waals surface area (Å²) in [4.78, 5) is 16.3. The molecule has 27 heavy (non-hydrogen) atoms. The van der Waals surface area contributed by atoms with E-state index in [9.17, 15) is 4.79 Å². The molecule has 0 spiro atoms. The van der Waals surface area contributed by atoms with Crippen LogP contribution in [0.15, 0.2) is 48.8 Å². The second-order valence-electron chi connectivity index (χ2n) is 7.40. The molecule has 4 rings (SSSR count). The van der Waals surface area contributed by atoms with E-state index in [0.717, 1.165) is 40.5 Å². The van der Waals surface area contributed by atoms with E-state index in [1.54, 1.807) is 12.1 Å². The van der Waals surface area contributed by atoms with Crippen molar-refractivity contribution >= 4 is 5.91 Å². The first-order valence-corrected chi connectivity index (χ1v) is 9.51. The van der Waals surface area contributed by atoms with Gasteiger partial charge >= 0.3 is 0 Å². The maximum Gasteiger partial charge on any atom is 0.248 e. The molecule has 2 heterocycles. The molecule has 3 aromatic rings. The van der Waals surface area contributed by atoms with Gasteiger partial charge in [0.2, 0.25) is 5.91 Å². The monoisotopic (exact) mass is 360 g/mol. The summed E-state index contributed by atoms with van der Waals surface area (Å²) < 4.78 is 2.05. The van der Waals surface area contributed by atoms with Crippen molar-refractivity contribution in [3.05, 3.63) is 60.0 Å². The van der Waals surface area contributed by atoms with Crippen molar-refractivity contribution in [2.24, 2.45) is 11.7 Å². The Kier molecular flexibility index (Phi) is 4.75. The van der Waals surface area contributed by atoms with E-state index in [0.29, 0.717) is 5.56 Å². The minimum atomic E-state index is -0.435. The van der Waals surface area contributed by atoms with Gasteiger partial charge in [0.25, 0.3) is 0 Å². The molecule has 0 bridgehead atoms. The predicted molar refractivity (Wildman–Crippen MR) is 106 cm³/mol. The van der Waals surface area contributed by atoms with Crippen LogP contribution in [0.5, 0.6) is 0 Å². The van der Waals surface area contributed by atoms with Gasteiger partial charge in [-0.2, -0.15) is 5.10 Å². The maximum absolute atomic E-state index is 11.6. The fraction of sp³-hybridized carbons (Fsp3) is 0.318. The number of primary amides is 1. The second kappa shape index (κ2) is 7.35. The van der Waals surface area contributed by atoms with Gasteiger partial charge in [-0.25, -0.2) is 0 Å². The van der Waals surface area contributed by atoms with E-state index in [-0.39, 0.29) is 0 Å². The fourth-order valence-electron chi connectivity index (χ4n) is 3.89. The van der Waals surface area contributed by atoms with Crippen LogP contribution in [0.3, 0.4) is 0 Å². The number of hydrogen-bond acceptors (Lipinski definition) is 3. The molecule has 1 aliphatic rings. The van der Waals surface area contributed by atoms with Crippen molar-refractivity contribution in [1.29, 1.82) is 0 Å². The Morgan fingerprint density at radius 3 is 2.78 bits per heavy atom. The lowest BCUT2D eigenvalue weighted by Crippen LogP contribution is -2.10. The van der Waals surface area contributed by atoms with E-state index in [1.165, 1.54) is 25.7 Å². The molecule has 5 nitrogen and oxygen atoms in total. The Bertz CT molecular complexity index is 970. The summed E-state index contributed by atoms with van der Waals surface area (Å²) in [6.07, 6.45) is 9.27. The minimum absolute atomic E-state index is 0.435. The number of benzene rings is 1. The van der Waals surface area contributed by atoms with Gasteiger partial charge in [-0.05, 0) is 43.9 Å². The molecule has 1 aliphatic carbocycles. The molecule has 5 heteroatoms. The normalized spacial score (nSPS) is 14.6. The topological polar surface area (TPSA) is 73.8 Å². The van der Waals surface area contributed by atoms with Gasteiger partial charge in [-0.1, -0.05) is 31.0 Å². The molecule has 1 saturated carbocycles. The number of nitrogens with two attached hydrogens (primary N) is 1. The Labute approximate surface area is 159 Å². The highest BCUT2D eigenvalue weighted by Gasteiger charge is 2.17. The lowest BCUT2D eigenvalue weighted by Gasteiger charge is -2.10. The molecule has 138 valence electrons. The summed E-state index contributed by atoms with van der Waals surface area (Å²) in [5.41, 5.74) is 10.6. The summed E-state index contributed by atoms with van der Waals surface area (Å²) in [6.45, 7) is 2.94. The van der Waals surface area contributed by atoms with Crippen molar-refractivity contribution in [2.45, 2.75) is 39.2 Å². The molecular formula is C22H24N4O. The van der Waals surface area contributed by atoms with Gasteiger partial charge in [0.15, 0.2) is 0 Å². The van der Waals surface area contributed by atoms with E-state index in [4.69, 9.17) is 10.7 Å². The maximum atomic E-state index is 11.6. The quantitative estimate of drug-likeness (QED) is 0.741. The number of nitrogens with zero attached hydrogens (tertiary/aromatic N) is 3. The molecule has 0 saturated heterocycles. The minimum Gasteiger partial charge on any atom is -0.366 e. The first kappa shape index (κ1) is 17.5. The lowest BCUT2D eigenvalue weighted by molar-refractivity contribution is 0.100. The van der Waals surface area contributed by atoms with Crippen LogP contribution in [0, 0.1) is 12.8 Å². The Hall–Kier alpha value is -2.95. The highest BCUT2D eigenvalue weighted by Crippen LogP contribution is 2.32. The highest BCUT2D eigenvalue weighted by atomic mass is 16.1. The van der Waals surface area contributed by atoms with Crippen LogP contribution < -0.4 is 5.73 Å². The number of hydrogen-bond donors (Lipinski definition) is 1. The van der Waals surface area contributed by atoms with Crippen LogP contribution in [-0.2, 0) is 6.54 Å². The van der Waals surface area contributed by atoms with Gasteiger partial charge in [0, 0.05) is 40.7 Å². The number of aryl methyl sites for hydroxylation is 1. The number of rotatable bonds is 5. The van der Waals surface area contributed by atoms with Crippen molar-refractivity contribution in [3.8, 4) is 22.4 Å². The van der Waals surface area contributed by atoms with E-state index in [1.807, 2.05) is 31.3 Å². The van der Waals surface area contributed by atoms with E-state index in [2.05, 4.69) is 22.0 Å².